The van der Waals surface area contributed by atoms with Gasteiger partial charge in [-0.15, -0.1) is 0 Å². The lowest BCUT2D eigenvalue weighted by Crippen LogP contribution is -1.83. The fraction of sp³-hybridized carbons (Fsp3) is 0.182. The van der Waals surface area contributed by atoms with Gasteiger partial charge < -0.3 is 9.52 Å². The van der Waals surface area contributed by atoms with Crippen molar-refractivity contribution in [1.82, 2.24) is 4.98 Å². The minimum Gasteiger partial charge on any atom is -0.508 e. The Morgan fingerprint density at radius 3 is 3.00 bits per heavy atom. The van der Waals surface area contributed by atoms with E-state index < -0.39 is 0 Å². The number of aromatic hydroxyl groups is 1. The summed E-state index contributed by atoms with van der Waals surface area (Å²) in [5.41, 5.74) is 1.69. The van der Waals surface area contributed by atoms with Crippen LogP contribution in [-0.2, 0) is 6.42 Å². The molecular weight excluding hydrogens is 178 g/mol. The molecule has 14 heavy (non-hydrogen) atoms. The molecule has 1 heterocycles. The topological polar surface area (TPSA) is 46.3 Å². The summed E-state index contributed by atoms with van der Waals surface area (Å²) < 4.78 is 5.22. The highest BCUT2D eigenvalue weighted by Gasteiger charge is 2.08. The van der Waals surface area contributed by atoms with Crippen LogP contribution in [-0.4, -0.2) is 10.1 Å². The van der Waals surface area contributed by atoms with Crippen molar-refractivity contribution in [3.63, 3.8) is 0 Å². The molecule has 1 aromatic heterocycles. The third-order valence-electron chi connectivity index (χ3n) is 2.08. The fourth-order valence-corrected chi connectivity index (χ4v) is 1.41. The van der Waals surface area contributed by atoms with E-state index in [4.69, 9.17) is 4.42 Å². The van der Waals surface area contributed by atoms with Gasteiger partial charge in [-0.1, -0.05) is 19.1 Å². The fourth-order valence-electron chi connectivity index (χ4n) is 1.41. The molecule has 0 spiro atoms. The van der Waals surface area contributed by atoms with Crippen molar-refractivity contribution < 1.29 is 9.52 Å². The minimum absolute atomic E-state index is 0.243. The van der Waals surface area contributed by atoms with Crippen LogP contribution in [0.3, 0.4) is 0 Å². The Morgan fingerprint density at radius 1 is 1.43 bits per heavy atom. The van der Waals surface area contributed by atoms with Crippen LogP contribution in [0.2, 0.25) is 0 Å². The molecule has 0 aliphatic carbocycles. The van der Waals surface area contributed by atoms with Gasteiger partial charge in [0.1, 0.15) is 17.2 Å². The number of benzene rings is 1. The van der Waals surface area contributed by atoms with Gasteiger partial charge in [0.2, 0.25) is 0 Å². The highest BCUT2D eigenvalue weighted by molar-refractivity contribution is 5.62. The maximum Gasteiger partial charge on any atom is 0.181 e. The van der Waals surface area contributed by atoms with Gasteiger partial charge in [0, 0.05) is 12.0 Å². The Labute approximate surface area is 82.0 Å². The molecule has 3 nitrogen and oxygen atoms in total. The summed E-state index contributed by atoms with van der Waals surface area (Å²) in [5, 5.41) is 9.32. The summed E-state index contributed by atoms with van der Waals surface area (Å²) in [6, 6.07) is 7.00. The number of oxazole rings is 1. The lowest BCUT2D eigenvalue weighted by atomic mass is 10.1. The molecule has 72 valence electrons. The van der Waals surface area contributed by atoms with E-state index in [-0.39, 0.29) is 5.75 Å². The molecule has 2 rings (SSSR count). The second-order valence-corrected chi connectivity index (χ2v) is 3.03. The number of aromatic nitrogens is 1. The minimum atomic E-state index is 0.243. The van der Waals surface area contributed by atoms with Gasteiger partial charge in [-0.3, -0.25) is 0 Å². The average molecular weight is 189 g/mol. The molecule has 0 aliphatic heterocycles. The van der Waals surface area contributed by atoms with Crippen molar-refractivity contribution in [3.8, 4) is 17.0 Å². The lowest BCUT2D eigenvalue weighted by molar-refractivity contribution is 0.475. The molecule has 0 saturated heterocycles. The predicted octanol–water partition coefficient (Wildman–Crippen LogP) is 2.61. The van der Waals surface area contributed by atoms with Crippen LogP contribution < -0.4 is 0 Å². The molecule has 0 fully saturated rings. The summed E-state index contributed by atoms with van der Waals surface area (Å²) in [5.74, 6) is 1.09. The largest absolute Gasteiger partial charge is 0.508 e. The zero-order chi connectivity index (χ0) is 9.97. The van der Waals surface area contributed by atoms with Gasteiger partial charge in [-0.05, 0) is 12.1 Å². The van der Waals surface area contributed by atoms with Gasteiger partial charge >= 0.3 is 0 Å². The molecule has 0 saturated carbocycles. The molecule has 0 atom stereocenters. The number of hydrogen-bond acceptors (Lipinski definition) is 3. The molecule has 0 amide bonds. The zero-order valence-corrected chi connectivity index (χ0v) is 7.90. The second kappa shape index (κ2) is 3.54. The van der Waals surface area contributed by atoms with Crippen molar-refractivity contribution in [2.24, 2.45) is 0 Å². The Kier molecular flexibility index (Phi) is 2.23. The highest BCUT2D eigenvalue weighted by atomic mass is 16.3. The standard InChI is InChI=1S/C11H11NO2/c1-2-10-11(12-7-14-10)8-4-3-5-9(13)6-8/h3-7,13H,2H2,1H3. The molecule has 0 bridgehead atoms. The third kappa shape index (κ3) is 1.48. The van der Waals surface area contributed by atoms with Crippen LogP contribution in [0.5, 0.6) is 5.75 Å². The highest BCUT2D eigenvalue weighted by Crippen LogP contribution is 2.25. The first-order valence-electron chi connectivity index (χ1n) is 4.53. The van der Waals surface area contributed by atoms with Crippen molar-refractivity contribution in [2.45, 2.75) is 13.3 Å². The van der Waals surface area contributed by atoms with Crippen LogP contribution in [0.4, 0.5) is 0 Å². The number of aryl methyl sites for hydroxylation is 1. The van der Waals surface area contributed by atoms with E-state index in [1.807, 2.05) is 13.0 Å². The van der Waals surface area contributed by atoms with Gasteiger partial charge in [0.05, 0.1) is 0 Å². The van der Waals surface area contributed by atoms with Gasteiger partial charge in [-0.25, -0.2) is 4.98 Å². The van der Waals surface area contributed by atoms with Gasteiger partial charge in [0.25, 0.3) is 0 Å². The second-order valence-electron chi connectivity index (χ2n) is 3.03. The summed E-state index contributed by atoms with van der Waals surface area (Å²) in [6.45, 7) is 2.01. The summed E-state index contributed by atoms with van der Waals surface area (Å²) in [7, 11) is 0. The predicted molar refractivity (Wildman–Crippen MR) is 53.0 cm³/mol. The van der Waals surface area contributed by atoms with Gasteiger partial charge in [0.15, 0.2) is 6.39 Å². The van der Waals surface area contributed by atoms with Crippen molar-refractivity contribution >= 4 is 0 Å². The van der Waals surface area contributed by atoms with E-state index in [0.717, 1.165) is 23.4 Å². The van der Waals surface area contributed by atoms with Crippen molar-refractivity contribution in [1.29, 1.82) is 0 Å². The summed E-state index contributed by atoms with van der Waals surface area (Å²) in [4.78, 5) is 4.12. The smallest absolute Gasteiger partial charge is 0.181 e. The van der Waals surface area contributed by atoms with E-state index in [1.54, 1.807) is 18.2 Å². The number of phenols is 1. The molecule has 0 unspecified atom stereocenters. The maximum atomic E-state index is 9.32. The quantitative estimate of drug-likeness (QED) is 0.789. The van der Waals surface area contributed by atoms with Crippen LogP contribution in [0.25, 0.3) is 11.3 Å². The zero-order valence-electron chi connectivity index (χ0n) is 7.90. The van der Waals surface area contributed by atoms with E-state index in [2.05, 4.69) is 4.98 Å². The molecule has 0 radical (unpaired) electrons. The normalized spacial score (nSPS) is 10.4. The molecule has 1 aromatic carbocycles. The first-order chi connectivity index (χ1) is 6.81. The monoisotopic (exact) mass is 189 g/mol. The van der Waals surface area contributed by atoms with Crippen LogP contribution in [0.15, 0.2) is 35.1 Å². The Hall–Kier alpha value is -1.77. The van der Waals surface area contributed by atoms with Crippen molar-refractivity contribution in [2.75, 3.05) is 0 Å². The number of phenolic OH excluding ortho intramolecular Hbond substituents is 1. The molecule has 0 aliphatic rings. The van der Waals surface area contributed by atoms with E-state index in [1.165, 1.54) is 6.39 Å². The molecular formula is C11H11NO2. The Morgan fingerprint density at radius 2 is 2.29 bits per heavy atom. The van der Waals surface area contributed by atoms with Gasteiger partial charge in [-0.2, -0.15) is 0 Å². The first kappa shape index (κ1) is 8.81. The van der Waals surface area contributed by atoms with E-state index >= 15 is 0 Å². The summed E-state index contributed by atoms with van der Waals surface area (Å²) >= 11 is 0. The third-order valence-corrected chi connectivity index (χ3v) is 2.08. The molecule has 1 N–H and O–H groups in total. The van der Waals surface area contributed by atoms with Crippen LogP contribution >= 0.6 is 0 Å². The van der Waals surface area contributed by atoms with Crippen molar-refractivity contribution in [3.05, 3.63) is 36.4 Å². The van der Waals surface area contributed by atoms with E-state index in [9.17, 15) is 5.11 Å². The van der Waals surface area contributed by atoms with E-state index in [0.29, 0.717) is 0 Å². The number of nitrogens with zero attached hydrogens (tertiary/aromatic N) is 1. The number of rotatable bonds is 2. The van der Waals surface area contributed by atoms with Crippen LogP contribution in [0, 0.1) is 0 Å². The summed E-state index contributed by atoms with van der Waals surface area (Å²) in [6.07, 6.45) is 2.23. The lowest BCUT2D eigenvalue weighted by Gasteiger charge is -1.99. The molecule has 2 aromatic rings. The Balaban J connectivity index is 2.49. The average Bonchev–Trinajstić information content (AvgIpc) is 2.65. The maximum absolute atomic E-state index is 9.32. The first-order valence-corrected chi connectivity index (χ1v) is 4.53. The SMILES string of the molecule is CCc1ocnc1-c1cccc(O)c1. The van der Waals surface area contributed by atoms with Crippen LogP contribution in [0.1, 0.15) is 12.7 Å². The Bertz CT molecular complexity index is 434. The number of hydrogen-bond donors (Lipinski definition) is 1. The molecule has 3 heteroatoms.